The fourth-order valence-electron chi connectivity index (χ4n) is 2.56. The number of benzene rings is 2. The van der Waals surface area contributed by atoms with Crippen LogP contribution in [0.25, 0.3) is 10.9 Å². The third kappa shape index (κ3) is 5.05. The smallest absolute Gasteiger partial charge is 0.262 e. The Morgan fingerprint density at radius 1 is 1.21 bits per heavy atom. The van der Waals surface area contributed by atoms with Crippen molar-refractivity contribution in [3.8, 4) is 0 Å². The van der Waals surface area contributed by atoms with E-state index in [9.17, 15) is 9.59 Å². The molecule has 9 heteroatoms. The molecule has 0 saturated carbocycles. The molecule has 0 radical (unpaired) electrons. The molecule has 0 aliphatic rings. The molecule has 0 atom stereocenters. The normalized spacial score (nSPS) is 11.0. The molecule has 2 aromatic carbocycles. The first-order valence-electron chi connectivity index (χ1n) is 8.35. The molecule has 0 aliphatic carbocycles. The molecule has 146 valence electrons. The van der Waals surface area contributed by atoms with Crippen LogP contribution in [0.1, 0.15) is 0 Å². The average molecular weight is 438 g/mol. The Morgan fingerprint density at radius 3 is 2.75 bits per heavy atom. The zero-order valence-electron chi connectivity index (χ0n) is 14.9. The third-order valence-corrected chi connectivity index (χ3v) is 5.29. The molecule has 3 aromatic rings. The van der Waals surface area contributed by atoms with Crippen LogP contribution < -0.4 is 10.9 Å². The van der Waals surface area contributed by atoms with Gasteiger partial charge in [0.2, 0.25) is 5.91 Å². The van der Waals surface area contributed by atoms with Crippen LogP contribution in [0.2, 0.25) is 10.0 Å². The summed E-state index contributed by atoms with van der Waals surface area (Å²) in [6, 6.07) is 11.8. The SMILES string of the molecule is COCCn1c(SCC(=O)Nc2cccc(Cl)c2)nc2cc(Cl)ccc2c1=O. The van der Waals surface area contributed by atoms with Gasteiger partial charge in [0.15, 0.2) is 5.16 Å². The van der Waals surface area contributed by atoms with Crippen LogP contribution in [0.15, 0.2) is 52.4 Å². The number of halogens is 2. The highest BCUT2D eigenvalue weighted by atomic mass is 35.5. The van der Waals surface area contributed by atoms with Crippen molar-refractivity contribution in [1.82, 2.24) is 9.55 Å². The number of aromatic nitrogens is 2. The number of anilines is 1. The zero-order valence-corrected chi connectivity index (χ0v) is 17.3. The van der Waals surface area contributed by atoms with Crippen LogP contribution in [0.3, 0.4) is 0 Å². The maximum atomic E-state index is 12.8. The fraction of sp³-hybridized carbons (Fsp3) is 0.211. The second-order valence-electron chi connectivity index (χ2n) is 5.85. The van der Waals surface area contributed by atoms with Crippen molar-refractivity contribution in [2.75, 3.05) is 24.8 Å². The van der Waals surface area contributed by atoms with Gasteiger partial charge in [-0.25, -0.2) is 4.98 Å². The molecule has 0 unspecified atom stereocenters. The van der Waals surface area contributed by atoms with E-state index in [-0.39, 0.29) is 17.2 Å². The second-order valence-corrected chi connectivity index (χ2v) is 7.67. The Morgan fingerprint density at radius 2 is 2.00 bits per heavy atom. The lowest BCUT2D eigenvalue weighted by Gasteiger charge is -2.13. The monoisotopic (exact) mass is 437 g/mol. The fourth-order valence-corrected chi connectivity index (χ4v) is 3.74. The van der Waals surface area contributed by atoms with Crippen LogP contribution in [0, 0.1) is 0 Å². The van der Waals surface area contributed by atoms with Crippen LogP contribution in [0.5, 0.6) is 0 Å². The number of carbonyl (C=O) groups excluding carboxylic acids is 1. The van der Waals surface area contributed by atoms with E-state index in [4.69, 9.17) is 27.9 Å². The van der Waals surface area contributed by atoms with Gasteiger partial charge in [-0.15, -0.1) is 0 Å². The molecular formula is C19H17Cl2N3O3S. The van der Waals surface area contributed by atoms with Crippen molar-refractivity contribution < 1.29 is 9.53 Å². The first-order valence-corrected chi connectivity index (χ1v) is 10.1. The number of amides is 1. The van der Waals surface area contributed by atoms with Gasteiger partial charge in [-0.3, -0.25) is 14.2 Å². The van der Waals surface area contributed by atoms with Crippen LogP contribution in [0.4, 0.5) is 5.69 Å². The van der Waals surface area contributed by atoms with Crippen molar-refractivity contribution in [1.29, 1.82) is 0 Å². The Balaban J connectivity index is 1.84. The molecule has 3 rings (SSSR count). The molecule has 1 N–H and O–H groups in total. The first-order chi connectivity index (χ1) is 13.5. The predicted molar refractivity (Wildman–Crippen MR) is 114 cm³/mol. The van der Waals surface area contributed by atoms with Gasteiger partial charge < -0.3 is 10.1 Å². The minimum Gasteiger partial charge on any atom is -0.383 e. The largest absolute Gasteiger partial charge is 0.383 e. The number of ether oxygens (including phenoxy) is 1. The topological polar surface area (TPSA) is 73.2 Å². The summed E-state index contributed by atoms with van der Waals surface area (Å²) in [5.74, 6) is -0.149. The summed E-state index contributed by atoms with van der Waals surface area (Å²) in [4.78, 5) is 29.7. The molecule has 6 nitrogen and oxygen atoms in total. The van der Waals surface area contributed by atoms with E-state index in [1.54, 1.807) is 49.6 Å². The molecule has 28 heavy (non-hydrogen) atoms. The first kappa shape index (κ1) is 20.7. The number of thioether (sulfide) groups is 1. The predicted octanol–water partition coefficient (Wildman–Crippen LogP) is 4.08. The van der Waals surface area contributed by atoms with Crippen LogP contribution in [-0.2, 0) is 16.1 Å². The Labute approximate surface area is 175 Å². The highest BCUT2D eigenvalue weighted by Gasteiger charge is 2.14. The summed E-state index contributed by atoms with van der Waals surface area (Å²) >= 11 is 13.1. The van der Waals surface area contributed by atoms with E-state index >= 15 is 0 Å². The number of hydrogen-bond donors (Lipinski definition) is 1. The second kappa shape index (κ2) is 9.43. The van der Waals surface area contributed by atoms with Gasteiger partial charge in [-0.2, -0.15) is 0 Å². The molecule has 1 amide bonds. The number of carbonyl (C=O) groups is 1. The summed E-state index contributed by atoms with van der Waals surface area (Å²) in [7, 11) is 1.56. The molecule has 1 heterocycles. The van der Waals surface area contributed by atoms with Crippen molar-refractivity contribution in [3.63, 3.8) is 0 Å². The van der Waals surface area contributed by atoms with Gasteiger partial charge in [0, 0.05) is 22.8 Å². The Kier molecular flexibility index (Phi) is 6.96. The van der Waals surface area contributed by atoms with Crippen molar-refractivity contribution in [3.05, 3.63) is 62.9 Å². The van der Waals surface area contributed by atoms with Gasteiger partial charge in [-0.05, 0) is 36.4 Å². The molecule has 0 bridgehead atoms. The lowest BCUT2D eigenvalue weighted by Crippen LogP contribution is -2.26. The molecule has 0 saturated heterocycles. The number of nitrogens with zero attached hydrogens (tertiary/aromatic N) is 2. The highest BCUT2D eigenvalue weighted by molar-refractivity contribution is 7.99. The number of nitrogens with one attached hydrogen (secondary N) is 1. The summed E-state index contributed by atoms with van der Waals surface area (Å²) in [5, 5.41) is 4.69. The summed E-state index contributed by atoms with van der Waals surface area (Å²) in [6.45, 7) is 0.683. The number of hydrogen-bond acceptors (Lipinski definition) is 5. The lowest BCUT2D eigenvalue weighted by atomic mass is 10.2. The standard InChI is InChI=1S/C19H17Cl2N3O3S/c1-27-8-7-24-18(26)15-6-5-13(21)10-16(15)23-19(24)28-11-17(25)22-14-4-2-3-12(20)9-14/h2-6,9-10H,7-8,11H2,1H3,(H,22,25). The van der Waals surface area contributed by atoms with Gasteiger partial charge in [0.25, 0.3) is 5.56 Å². The maximum Gasteiger partial charge on any atom is 0.262 e. The van der Waals surface area contributed by atoms with Gasteiger partial charge in [0.05, 0.1) is 29.8 Å². The van der Waals surface area contributed by atoms with E-state index in [0.29, 0.717) is 44.9 Å². The molecule has 0 aliphatic heterocycles. The number of methoxy groups -OCH3 is 1. The Hall–Kier alpha value is -2.06. The van der Waals surface area contributed by atoms with Gasteiger partial charge in [0.1, 0.15) is 0 Å². The number of rotatable bonds is 7. The van der Waals surface area contributed by atoms with E-state index in [0.717, 1.165) is 0 Å². The highest BCUT2D eigenvalue weighted by Crippen LogP contribution is 2.21. The molecular weight excluding hydrogens is 421 g/mol. The number of fused-ring (bicyclic) bond motifs is 1. The van der Waals surface area contributed by atoms with E-state index in [1.165, 1.54) is 16.3 Å². The maximum absolute atomic E-state index is 12.8. The van der Waals surface area contributed by atoms with Crippen molar-refractivity contribution in [2.24, 2.45) is 0 Å². The minimum atomic E-state index is -0.231. The van der Waals surface area contributed by atoms with Crippen LogP contribution in [-0.4, -0.2) is 34.9 Å². The third-order valence-electron chi connectivity index (χ3n) is 3.84. The van der Waals surface area contributed by atoms with E-state index < -0.39 is 0 Å². The average Bonchev–Trinajstić information content (AvgIpc) is 2.65. The lowest BCUT2D eigenvalue weighted by molar-refractivity contribution is -0.113. The van der Waals surface area contributed by atoms with Gasteiger partial charge in [-0.1, -0.05) is 41.0 Å². The minimum absolute atomic E-state index is 0.0814. The quantitative estimate of drug-likeness (QED) is 0.445. The molecule has 0 fully saturated rings. The van der Waals surface area contributed by atoms with E-state index in [1.807, 2.05) is 0 Å². The van der Waals surface area contributed by atoms with Gasteiger partial charge >= 0.3 is 0 Å². The van der Waals surface area contributed by atoms with Crippen LogP contribution >= 0.6 is 35.0 Å². The summed E-state index contributed by atoms with van der Waals surface area (Å²) in [5.41, 5.74) is 0.897. The summed E-state index contributed by atoms with van der Waals surface area (Å²) < 4.78 is 6.60. The zero-order chi connectivity index (χ0) is 20.1. The van der Waals surface area contributed by atoms with Crippen molar-refractivity contribution in [2.45, 2.75) is 11.7 Å². The van der Waals surface area contributed by atoms with Crippen molar-refractivity contribution >= 4 is 57.5 Å². The Bertz CT molecular complexity index is 1070. The molecule has 0 spiro atoms. The van der Waals surface area contributed by atoms with E-state index in [2.05, 4.69) is 10.3 Å². The summed E-state index contributed by atoms with van der Waals surface area (Å²) in [6.07, 6.45) is 0. The molecule has 1 aromatic heterocycles.